The average molecular weight is 327 g/mol. The first-order chi connectivity index (χ1) is 11.7. The normalized spacial score (nSPS) is 12.3. The van der Waals surface area contributed by atoms with Gasteiger partial charge in [0.05, 0.1) is 12.6 Å². The predicted octanol–water partition coefficient (Wildman–Crippen LogP) is 3.01. The van der Waals surface area contributed by atoms with Crippen LogP contribution in [0.4, 0.5) is 5.95 Å². The van der Waals surface area contributed by atoms with E-state index in [1.165, 1.54) is 0 Å². The fraction of sp³-hybridized carbons (Fsp3) is 0.353. The Morgan fingerprint density at radius 2 is 2.00 bits per heavy atom. The molecule has 0 saturated carbocycles. The zero-order chi connectivity index (χ0) is 16.9. The van der Waals surface area contributed by atoms with E-state index in [4.69, 9.17) is 4.42 Å². The van der Waals surface area contributed by atoms with Crippen LogP contribution in [0.5, 0.6) is 0 Å². The van der Waals surface area contributed by atoms with Gasteiger partial charge in [-0.2, -0.15) is 0 Å². The highest BCUT2D eigenvalue weighted by Gasteiger charge is 2.09. The fourth-order valence-electron chi connectivity index (χ4n) is 2.41. The minimum absolute atomic E-state index is 0.468. The van der Waals surface area contributed by atoms with E-state index in [1.807, 2.05) is 36.4 Å². The summed E-state index contributed by atoms with van der Waals surface area (Å²) in [6, 6.07) is 11.6. The van der Waals surface area contributed by atoms with Gasteiger partial charge in [-0.25, -0.2) is 4.68 Å². The number of aryl methyl sites for hydroxylation is 1. The van der Waals surface area contributed by atoms with Crippen LogP contribution in [-0.2, 0) is 13.1 Å². The first-order valence-corrected chi connectivity index (χ1v) is 8.04. The Morgan fingerprint density at radius 1 is 1.21 bits per heavy atom. The summed E-state index contributed by atoms with van der Waals surface area (Å²) in [6.45, 7) is 5.11. The summed E-state index contributed by atoms with van der Waals surface area (Å²) in [5, 5.41) is 24.3. The Balaban J connectivity index is 1.66. The fourth-order valence-corrected chi connectivity index (χ4v) is 2.41. The zero-order valence-corrected chi connectivity index (χ0v) is 13.8. The molecule has 3 rings (SSSR count). The van der Waals surface area contributed by atoms with Crippen molar-refractivity contribution < 1.29 is 9.52 Å². The number of benzene rings is 1. The number of aliphatic hydroxyl groups is 1. The molecule has 1 aromatic carbocycles. The first kappa shape index (κ1) is 16.2. The number of aliphatic hydroxyl groups excluding tert-OH is 1. The molecule has 0 spiro atoms. The van der Waals surface area contributed by atoms with Gasteiger partial charge in [-0.15, -0.1) is 0 Å². The third-order valence-corrected chi connectivity index (χ3v) is 3.73. The largest absolute Gasteiger partial charge is 0.459 e. The smallest absolute Gasteiger partial charge is 0.243 e. The molecule has 2 heterocycles. The number of hydrogen-bond donors (Lipinski definition) is 2. The van der Waals surface area contributed by atoms with E-state index in [9.17, 15) is 5.11 Å². The molecule has 7 heteroatoms. The molecule has 0 fully saturated rings. The first-order valence-electron chi connectivity index (χ1n) is 8.04. The lowest BCUT2D eigenvalue weighted by molar-refractivity contribution is 0.199. The molecule has 0 aliphatic rings. The van der Waals surface area contributed by atoms with Crippen molar-refractivity contribution in [3.63, 3.8) is 0 Å². The summed E-state index contributed by atoms with van der Waals surface area (Å²) in [4.78, 5) is 0. The van der Waals surface area contributed by atoms with E-state index in [0.29, 0.717) is 12.5 Å². The highest BCUT2D eigenvalue weighted by Crippen LogP contribution is 2.24. The lowest BCUT2D eigenvalue weighted by atomic mass is 10.1. The average Bonchev–Trinajstić information content (AvgIpc) is 3.23. The van der Waals surface area contributed by atoms with Crippen molar-refractivity contribution in [1.82, 2.24) is 20.2 Å². The maximum atomic E-state index is 9.56. The third kappa shape index (κ3) is 3.62. The van der Waals surface area contributed by atoms with Crippen LogP contribution in [0, 0.1) is 0 Å². The Labute approximate surface area is 140 Å². The zero-order valence-electron chi connectivity index (χ0n) is 13.8. The lowest BCUT2D eigenvalue weighted by Crippen LogP contribution is -2.08. The van der Waals surface area contributed by atoms with Gasteiger partial charge in [-0.1, -0.05) is 36.3 Å². The molecule has 0 aliphatic heterocycles. The maximum absolute atomic E-state index is 9.56. The van der Waals surface area contributed by atoms with E-state index in [1.54, 1.807) is 11.6 Å². The number of nitrogens with zero attached hydrogens (tertiary/aromatic N) is 4. The molecule has 126 valence electrons. The molecule has 0 amide bonds. The Hall–Kier alpha value is -2.67. The van der Waals surface area contributed by atoms with Gasteiger partial charge in [0.25, 0.3) is 0 Å². The maximum Gasteiger partial charge on any atom is 0.243 e. The van der Waals surface area contributed by atoms with Crippen molar-refractivity contribution in [2.75, 3.05) is 5.32 Å². The van der Waals surface area contributed by atoms with Crippen LogP contribution >= 0.6 is 0 Å². The number of anilines is 1. The Kier molecular flexibility index (Phi) is 4.90. The van der Waals surface area contributed by atoms with Crippen LogP contribution in [0.2, 0.25) is 0 Å². The van der Waals surface area contributed by atoms with E-state index < -0.39 is 6.10 Å². The summed E-state index contributed by atoms with van der Waals surface area (Å²) < 4.78 is 7.60. The van der Waals surface area contributed by atoms with Gasteiger partial charge in [0.15, 0.2) is 0 Å². The summed E-state index contributed by atoms with van der Waals surface area (Å²) in [5.41, 5.74) is 1.86. The highest BCUT2D eigenvalue weighted by atomic mass is 16.3. The molecular weight excluding hydrogens is 306 g/mol. The van der Waals surface area contributed by atoms with E-state index >= 15 is 0 Å². The molecular formula is C17H21N5O2. The number of nitrogens with one attached hydrogen (secondary N) is 1. The molecule has 0 unspecified atom stereocenters. The monoisotopic (exact) mass is 327 g/mol. The standard InChI is InChI=1S/C17H21N5O2/c1-3-10-22-17(19-20-21-22)18-11-15-8-9-16(24-15)14-6-4-13(5-7-14)12(2)23/h4-9,12,23H,3,10-11H2,1-2H3,(H,18,19,21)/t12-/m0/s1. The molecule has 0 radical (unpaired) electrons. The third-order valence-electron chi connectivity index (χ3n) is 3.73. The second kappa shape index (κ2) is 7.27. The van der Waals surface area contributed by atoms with Gasteiger partial charge in [0.1, 0.15) is 11.5 Å². The molecule has 24 heavy (non-hydrogen) atoms. The quantitative estimate of drug-likeness (QED) is 0.693. The Bertz CT molecular complexity index is 776. The second-order valence-electron chi connectivity index (χ2n) is 5.64. The predicted molar refractivity (Wildman–Crippen MR) is 90.2 cm³/mol. The topological polar surface area (TPSA) is 89.0 Å². The van der Waals surface area contributed by atoms with Crippen LogP contribution in [-0.4, -0.2) is 25.3 Å². The molecule has 0 saturated heterocycles. The highest BCUT2D eigenvalue weighted by molar-refractivity contribution is 5.58. The number of tetrazole rings is 1. The van der Waals surface area contributed by atoms with Gasteiger partial charge in [0.2, 0.25) is 5.95 Å². The summed E-state index contributed by atoms with van der Waals surface area (Å²) >= 11 is 0. The van der Waals surface area contributed by atoms with Crippen LogP contribution in [0.3, 0.4) is 0 Å². The molecule has 0 bridgehead atoms. The van der Waals surface area contributed by atoms with E-state index in [-0.39, 0.29) is 0 Å². The van der Waals surface area contributed by atoms with E-state index in [2.05, 4.69) is 27.8 Å². The van der Waals surface area contributed by atoms with Crippen molar-refractivity contribution in [2.45, 2.75) is 39.5 Å². The molecule has 3 aromatic rings. The van der Waals surface area contributed by atoms with Crippen molar-refractivity contribution in [3.8, 4) is 11.3 Å². The van der Waals surface area contributed by atoms with Crippen LogP contribution in [0.25, 0.3) is 11.3 Å². The van der Waals surface area contributed by atoms with Gasteiger partial charge in [0, 0.05) is 12.1 Å². The molecule has 2 N–H and O–H groups in total. The number of aromatic nitrogens is 4. The van der Waals surface area contributed by atoms with Crippen LogP contribution in [0.1, 0.15) is 37.7 Å². The second-order valence-corrected chi connectivity index (χ2v) is 5.64. The van der Waals surface area contributed by atoms with E-state index in [0.717, 1.165) is 35.6 Å². The summed E-state index contributed by atoms with van der Waals surface area (Å²) in [6.07, 6.45) is 0.497. The number of furan rings is 1. The van der Waals surface area contributed by atoms with Gasteiger partial charge in [-0.05, 0) is 41.5 Å². The Morgan fingerprint density at radius 3 is 2.71 bits per heavy atom. The minimum Gasteiger partial charge on any atom is -0.459 e. The van der Waals surface area contributed by atoms with Crippen molar-refractivity contribution in [2.24, 2.45) is 0 Å². The van der Waals surface area contributed by atoms with Crippen LogP contribution in [0.15, 0.2) is 40.8 Å². The SMILES string of the molecule is CCCn1nnnc1NCc1ccc(-c2ccc([C@H](C)O)cc2)o1. The van der Waals surface area contributed by atoms with Crippen LogP contribution < -0.4 is 5.32 Å². The molecule has 2 aromatic heterocycles. The van der Waals surface area contributed by atoms with Crippen molar-refractivity contribution in [3.05, 3.63) is 47.7 Å². The summed E-state index contributed by atoms with van der Waals surface area (Å²) in [7, 11) is 0. The lowest BCUT2D eigenvalue weighted by Gasteiger charge is -2.05. The summed E-state index contributed by atoms with van der Waals surface area (Å²) in [5.74, 6) is 2.23. The van der Waals surface area contributed by atoms with Gasteiger partial charge >= 0.3 is 0 Å². The van der Waals surface area contributed by atoms with Gasteiger partial charge < -0.3 is 14.8 Å². The number of rotatable bonds is 7. The van der Waals surface area contributed by atoms with Crippen molar-refractivity contribution in [1.29, 1.82) is 0 Å². The molecule has 1 atom stereocenters. The molecule has 7 nitrogen and oxygen atoms in total. The number of hydrogen-bond acceptors (Lipinski definition) is 6. The minimum atomic E-state index is -0.468. The van der Waals surface area contributed by atoms with Gasteiger partial charge in [-0.3, -0.25) is 0 Å². The molecule has 0 aliphatic carbocycles. The van der Waals surface area contributed by atoms with Crippen molar-refractivity contribution >= 4 is 5.95 Å².